The number of benzene rings is 1. The van der Waals surface area contributed by atoms with Gasteiger partial charge < -0.3 is 4.57 Å². The van der Waals surface area contributed by atoms with Crippen LogP contribution in [0.1, 0.15) is 19.8 Å². The normalized spacial score (nSPS) is 10.6. The highest BCUT2D eigenvalue weighted by Gasteiger charge is 2.21. The first kappa shape index (κ1) is 15.9. The van der Waals surface area contributed by atoms with Crippen LogP contribution in [0, 0.1) is 20.2 Å². The summed E-state index contributed by atoms with van der Waals surface area (Å²) in [5, 5.41) is 30.1. The van der Waals surface area contributed by atoms with Gasteiger partial charge in [0.1, 0.15) is 6.33 Å². The standard InChI is InChI=1S/C12H13N5O4S/c1-2-3-6-15-8-13-14-12(15)22-11-5-4-9(16(18)19)7-10(11)17(20)21/h4-5,7-8H,2-3,6H2,1H3. The number of aromatic nitrogens is 3. The second kappa shape index (κ2) is 6.98. The van der Waals surface area contributed by atoms with Crippen molar-refractivity contribution in [2.75, 3.05) is 0 Å². The summed E-state index contributed by atoms with van der Waals surface area (Å²) in [6, 6.07) is 3.55. The van der Waals surface area contributed by atoms with Crippen molar-refractivity contribution in [2.45, 2.75) is 36.4 Å². The summed E-state index contributed by atoms with van der Waals surface area (Å²) in [5.74, 6) is 0. The van der Waals surface area contributed by atoms with E-state index < -0.39 is 9.85 Å². The third-order valence-corrected chi connectivity index (χ3v) is 3.95. The lowest BCUT2D eigenvalue weighted by Gasteiger charge is -2.05. The van der Waals surface area contributed by atoms with Crippen molar-refractivity contribution in [1.82, 2.24) is 14.8 Å². The number of nitro groups is 2. The van der Waals surface area contributed by atoms with Gasteiger partial charge >= 0.3 is 0 Å². The summed E-state index contributed by atoms with van der Waals surface area (Å²) < 4.78 is 1.80. The molecule has 22 heavy (non-hydrogen) atoms. The molecule has 0 aliphatic carbocycles. The second-order valence-electron chi connectivity index (χ2n) is 4.43. The maximum atomic E-state index is 11.1. The number of nitro benzene ring substituents is 2. The molecule has 0 N–H and O–H groups in total. The van der Waals surface area contributed by atoms with Crippen molar-refractivity contribution in [3.63, 3.8) is 0 Å². The maximum absolute atomic E-state index is 11.1. The molecule has 0 spiro atoms. The van der Waals surface area contributed by atoms with Crippen LogP contribution < -0.4 is 0 Å². The largest absolute Gasteiger partial charge is 0.308 e. The number of aryl methyl sites for hydroxylation is 1. The molecular weight excluding hydrogens is 310 g/mol. The highest BCUT2D eigenvalue weighted by Crippen LogP contribution is 2.36. The predicted octanol–water partition coefficient (Wildman–Crippen LogP) is 3.05. The Morgan fingerprint density at radius 1 is 1.27 bits per heavy atom. The summed E-state index contributed by atoms with van der Waals surface area (Å²) in [7, 11) is 0. The quantitative estimate of drug-likeness (QED) is 0.567. The van der Waals surface area contributed by atoms with Crippen LogP contribution in [-0.2, 0) is 6.54 Å². The summed E-state index contributed by atoms with van der Waals surface area (Å²) in [5.41, 5.74) is -0.632. The number of hydrogen-bond acceptors (Lipinski definition) is 7. The monoisotopic (exact) mass is 323 g/mol. The van der Waals surface area contributed by atoms with Gasteiger partial charge in [0, 0.05) is 12.6 Å². The van der Waals surface area contributed by atoms with Crippen molar-refractivity contribution in [3.8, 4) is 0 Å². The fourth-order valence-corrected chi connectivity index (χ4v) is 2.67. The molecule has 0 atom stereocenters. The summed E-state index contributed by atoms with van der Waals surface area (Å²) in [4.78, 5) is 20.8. The van der Waals surface area contributed by atoms with Crippen molar-refractivity contribution >= 4 is 23.1 Å². The fourth-order valence-electron chi connectivity index (χ4n) is 1.75. The smallest absolute Gasteiger partial charge is 0.290 e. The van der Waals surface area contributed by atoms with E-state index in [1.54, 1.807) is 10.9 Å². The van der Waals surface area contributed by atoms with E-state index in [1.165, 1.54) is 12.1 Å². The molecule has 0 aliphatic heterocycles. The highest BCUT2D eigenvalue weighted by molar-refractivity contribution is 7.99. The van der Waals surface area contributed by atoms with E-state index in [0.29, 0.717) is 16.6 Å². The minimum absolute atomic E-state index is 0.293. The van der Waals surface area contributed by atoms with Gasteiger partial charge in [0.05, 0.1) is 20.8 Å². The van der Waals surface area contributed by atoms with E-state index in [1.807, 2.05) is 0 Å². The first-order valence-electron chi connectivity index (χ1n) is 6.51. The van der Waals surface area contributed by atoms with Crippen LogP contribution in [0.5, 0.6) is 0 Å². The van der Waals surface area contributed by atoms with E-state index >= 15 is 0 Å². The molecule has 0 unspecified atom stereocenters. The topological polar surface area (TPSA) is 117 Å². The van der Waals surface area contributed by atoms with Crippen LogP contribution >= 0.6 is 11.8 Å². The van der Waals surface area contributed by atoms with Crippen LogP contribution in [0.3, 0.4) is 0 Å². The lowest BCUT2D eigenvalue weighted by molar-refractivity contribution is -0.396. The first-order chi connectivity index (χ1) is 10.5. The Bertz CT molecular complexity index is 703. The first-order valence-corrected chi connectivity index (χ1v) is 7.33. The van der Waals surface area contributed by atoms with Gasteiger partial charge in [-0.15, -0.1) is 10.2 Å². The molecule has 2 aromatic rings. The van der Waals surface area contributed by atoms with E-state index in [2.05, 4.69) is 17.1 Å². The Morgan fingerprint density at radius 2 is 2.05 bits per heavy atom. The molecule has 0 bridgehead atoms. The lowest BCUT2D eigenvalue weighted by Crippen LogP contribution is -1.99. The van der Waals surface area contributed by atoms with Crippen LogP contribution in [0.2, 0.25) is 0 Å². The fraction of sp³-hybridized carbons (Fsp3) is 0.333. The molecule has 1 aromatic carbocycles. The van der Waals surface area contributed by atoms with Crippen molar-refractivity contribution in [3.05, 3.63) is 44.8 Å². The number of nitrogens with zero attached hydrogens (tertiary/aromatic N) is 5. The Morgan fingerprint density at radius 3 is 2.68 bits per heavy atom. The van der Waals surface area contributed by atoms with Gasteiger partial charge in [0.2, 0.25) is 0 Å². The molecule has 0 radical (unpaired) electrons. The molecule has 0 saturated carbocycles. The van der Waals surface area contributed by atoms with E-state index in [9.17, 15) is 20.2 Å². The second-order valence-corrected chi connectivity index (χ2v) is 5.44. The molecule has 0 fully saturated rings. The van der Waals surface area contributed by atoms with Gasteiger partial charge in [-0.3, -0.25) is 20.2 Å². The van der Waals surface area contributed by atoms with Crippen LogP contribution in [-0.4, -0.2) is 24.6 Å². The van der Waals surface area contributed by atoms with Gasteiger partial charge in [0.25, 0.3) is 11.4 Å². The molecule has 0 saturated heterocycles. The molecule has 0 aliphatic rings. The van der Waals surface area contributed by atoms with E-state index in [-0.39, 0.29) is 11.4 Å². The zero-order valence-corrected chi connectivity index (χ0v) is 12.5. The molecule has 116 valence electrons. The van der Waals surface area contributed by atoms with Crippen LogP contribution in [0.4, 0.5) is 11.4 Å². The number of hydrogen-bond donors (Lipinski definition) is 0. The predicted molar refractivity (Wildman–Crippen MR) is 78.8 cm³/mol. The molecular formula is C12H13N5O4S. The average molecular weight is 323 g/mol. The van der Waals surface area contributed by atoms with Gasteiger partial charge in [-0.2, -0.15) is 0 Å². The molecule has 1 heterocycles. The Labute approximate surface area is 129 Å². The van der Waals surface area contributed by atoms with Crippen molar-refractivity contribution in [2.24, 2.45) is 0 Å². The molecule has 1 aromatic heterocycles. The third-order valence-electron chi connectivity index (χ3n) is 2.88. The maximum Gasteiger partial charge on any atom is 0.290 e. The van der Waals surface area contributed by atoms with Crippen molar-refractivity contribution in [1.29, 1.82) is 0 Å². The Kier molecular flexibility index (Phi) is 5.04. The summed E-state index contributed by atoms with van der Waals surface area (Å²) in [6.45, 7) is 2.77. The van der Waals surface area contributed by atoms with Gasteiger partial charge in [-0.1, -0.05) is 13.3 Å². The molecule has 2 rings (SSSR count). The van der Waals surface area contributed by atoms with Crippen molar-refractivity contribution < 1.29 is 9.85 Å². The minimum atomic E-state index is -0.662. The number of unbranched alkanes of at least 4 members (excludes halogenated alkanes) is 1. The molecule has 0 amide bonds. The van der Waals surface area contributed by atoms with E-state index in [0.717, 1.165) is 30.7 Å². The average Bonchev–Trinajstić information content (AvgIpc) is 2.92. The van der Waals surface area contributed by atoms with Crippen LogP contribution in [0.25, 0.3) is 0 Å². The third kappa shape index (κ3) is 3.58. The molecule has 10 heteroatoms. The minimum Gasteiger partial charge on any atom is -0.308 e. The zero-order valence-electron chi connectivity index (χ0n) is 11.7. The number of non-ortho nitro benzene ring substituents is 1. The van der Waals surface area contributed by atoms with E-state index in [4.69, 9.17) is 0 Å². The van der Waals surface area contributed by atoms with Gasteiger partial charge in [-0.25, -0.2) is 0 Å². The number of rotatable bonds is 7. The summed E-state index contributed by atoms with van der Waals surface area (Å²) in [6.07, 6.45) is 3.50. The Balaban J connectivity index is 2.31. The van der Waals surface area contributed by atoms with Gasteiger partial charge in [0.15, 0.2) is 5.16 Å². The summed E-state index contributed by atoms with van der Waals surface area (Å²) >= 11 is 1.07. The van der Waals surface area contributed by atoms with Gasteiger partial charge in [-0.05, 0) is 24.2 Å². The Hall–Kier alpha value is -2.49. The zero-order chi connectivity index (χ0) is 16.1. The van der Waals surface area contributed by atoms with Crippen LogP contribution in [0.15, 0.2) is 34.6 Å². The lowest BCUT2D eigenvalue weighted by atomic mass is 10.3. The molecule has 9 nitrogen and oxygen atoms in total. The SMILES string of the molecule is CCCCn1cnnc1Sc1ccc([N+](=O)[O-])cc1[N+](=O)[O-]. The highest BCUT2D eigenvalue weighted by atomic mass is 32.2.